The Hall–Kier alpha value is -5.84. The number of benzene rings is 5. The van der Waals surface area contributed by atoms with Crippen LogP contribution in [0.1, 0.15) is 38.7 Å². The second-order valence-electron chi connectivity index (χ2n) is 10.7. The first kappa shape index (κ1) is 32.1. The molecule has 0 aliphatic rings. The summed E-state index contributed by atoms with van der Waals surface area (Å²) in [7, 11) is 0. The van der Waals surface area contributed by atoms with Gasteiger partial charge in [0.05, 0.1) is 23.7 Å². The van der Waals surface area contributed by atoms with Gasteiger partial charge in [0.1, 0.15) is 17.2 Å². The molecular formula is C37H27ClN4O5S. The number of nitrogens with zero attached hydrogens (tertiary/aromatic N) is 2. The third-order valence-corrected chi connectivity index (χ3v) is 8.18. The van der Waals surface area contributed by atoms with Gasteiger partial charge in [-0.05, 0) is 71.2 Å². The first-order valence-electron chi connectivity index (χ1n) is 14.8. The Morgan fingerprint density at radius 1 is 0.812 bits per heavy atom. The number of hydrogen-bond donors (Lipinski definition) is 3. The van der Waals surface area contributed by atoms with Gasteiger partial charge in [-0.1, -0.05) is 88.9 Å². The first-order valence-corrected chi connectivity index (χ1v) is 16.0. The van der Waals surface area contributed by atoms with Gasteiger partial charge in [-0.15, -0.1) is 5.10 Å². The van der Waals surface area contributed by atoms with Crippen LogP contribution in [0.5, 0.6) is 11.5 Å². The number of nitrogens with one attached hydrogen (secondary N) is 2. The summed E-state index contributed by atoms with van der Waals surface area (Å²) in [4.78, 5) is 38.7. The molecule has 3 N–H and O–H groups in total. The SMILES string of the molecule is O=C(O)CC(NC(=O)c1cc(Cl)ccc1NC(=O)c1ccc(-c2csnn2)cc1)c1ccc(-c2ccccc2Oc2ccccc2)cc1. The highest BCUT2D eigenvalue weighted by atomic mass is 35.5. The van der Waals surface area contributed by atoms with Crippen molar-refractivity contribution >= 4 is 46.6 Å². The van der Waals surface area contributed by atoms with Crippen molar-refractivity contribution in [1.82, 2.24) is 14.9 Å². The molecule has 0 aliphatic carbocycles. The molecule has 0 saturated carbocycles. The number of hydrogen-bond acceptors (Lipinski definition) is 7. The van der Waals surface area contributed by atoms with Crippen LogP contribution in [0.4, 0.5) is 5.69 Å². The molecule has 2 amide bonds. The van der Waals surface area contributed by atoms with E-state index in [1.165, 1.54) is 23.7 Å². The molecule has 1 heterocycles. The van der Waals surface area contributed by atoms with Gasteiger partial charge < -0.3 is 20.5 Å². The number of ether oxygens (including phenoxy) is 1. The molecule has 0 bridgehead atoms. The van der Waals surface area contributed by atoms with E-state index in [4.69, 9.17) is 16.3 Å². The minimum Gasteiger partial charge on any atom is -0.481 e. The van der Waals surface area contributed by atoms with E-state index in [1.54, 1.807) is 47.8 Å². The molecule has 1 unspecified atom stereocenters. The second-order valence-corrected chi connectivity index (χ2v) is 11.7. The summed E-state index contributed by atoms with van der Waals surface area (Å²) in [5.74, 6) is -0.776. The minimum absolute atomic E-state index is 0.0833. The van der Waals surface area contributed by atoms with E-state index >= 15 is 0 Å². The van der Waals surface area contributed by atoms with E-state index in [1.807, 2.05) is 66.7 Å². The monoisotopic (exact) mass is 674 g/mol. The molecule has 0 saturated heterocycles. The number of para-hydroxylation sites is 2. The average Bonchev–Trinajstić information content (AvgIpc) is 3.65. The predicted octanol–water partition coefficient (Wildman–Crippen LogP) is 8.52. The number of halogens is 1. The molecule has 9 nitrogen and oxygen atoms in total. The zero-order valence-corrected chi connectivity index (χ0v) is 26.7. The second kappa shape index (κ2) is 14.7. The summed E-state index contributed by atoms with van der Waals surface area (Å²) in [6.45, 7) is 0. The van der Waals surface area contributed by atoms with Gasteiger partial charge in [0, 0.05) is 27.1 Å². The third-order valence-electron chi connectivity index (χ3n) is 7.44. The molecule has 238 valence electrons. The molecule has 11 heteroatoms. The van der Waals surface area contributed by atoms with Crippen molar-refractivity contribution in [2.75, 3.05) is 5.32 Å². The van der Waals surface area contributed by atoms with Crippen molar-refractivity contribution in [1.29, 1.82) is 0 Å². The minimum atomic E-state index is -1.09. The molecular weight excluding hydrogens is 648 g/mol. The number of carbonyl (C=O) groups is 3. The van der Waals surface area contributed by atoms with Crippen LogP contribution in [-0.2, 0) is 4.79 Å². The Kier molecular flexibility index (Phi) is 9.85. The smallest absolute Gasteiger partial charge is 0.305 e. The fourth-order valence-corrected chi connectivity index (χ4v) is 5.70. The maximum atomic E-state index is 13.6. The molecule has 1 atom stereocenters. The van der Waals surface area contributed by atoms with Crippen LogP contribution in [0.15, 0.2) is 127 Å². The van der Waals surface area contributed by atoms with Crippen LogP contribution in [0.3, 0.4) is 0 Å². The third kappa shape index (κ3) is 7.75. The van der Waals surface area contributed by atoms with Crippen LogP contribution in [0.2, 0.25) is 5.02 Å². The highest BCUT2D eigenvalue weighted by Crippen LogP contribution is 2.34. The molecule has 0 fully saturated rings. The van der Waals surface area contributed by atoms with Crippen LogP contribution in [0, 0.1) is 0 Å². The number of aromatic nitrogens is 2. The van der Waals surface area contributed by atoms with Crippen molar-refractivity contribution in [2.24, 2.45) is 0 Å². The molecule has 48 heavy (non-hydrogen) atoms. The van der Waals surface area contributed by atoms with Crippen LogP contribution in [-0.4, -0.2) is 32.5 Å². The maximum Gasteiger partial charge on any atom is 0.305 e. The zero-order valence-electron chi connectivity index (χ0n) is 25.2. The fourth-order valence-electron chi connectivity index (χ4n) is 5.06. The summed E-state index contributed by atoms with van der Waals surface area (Å²) >= 11 is 7.48. The van der Waals surface area contributed by atoms with Gasteiger partial charge in [0.15, 0.2) is 0 Å². The summed E-state index contributed by atoms with van der Waals surface area (Å²) in [5.41, 5.74) is 4.46. The summed E-state index contributed by atoms with van der Waals surface area (Å²) in [6.07, 6.45) is -0.373. The van der Waals surface area contributed by atoms with Gasteiger partial charge in [0.25, 0.3) is 11.8 Å². The highest BCUT2D eigenvalue weighted by Gasteiger charge is 2.22. The predicted molar refractivity (Wildman–Crippen MR) is 186 cm³/mol. The number of carboxylic acids is 1. The molecule has 6 aromatic rings. The lowest BCUT2D eigenvalue weighted by atomic mass is 9.98. The van der Waals surface area contributed by atoms with Crippen LogP contribution >= 0.6 is 23.1 Å². The molecule has 0 radical (unpaired) electrons. The Morgan fingerprint density at radius 3 is 2.23 bits per heavy atom. The van der Waals surface area contributed by atoms with Crippen LogP contribution in [0.25, 0.3) is 22.4 Å². The fraction of sp³-hybridized carbons (Fsp3) is 0.0541. The Bertz CT molecular complexity index is 2060. The molecule has 1 aromatic heterocycles. The van der Waals surface area contributed by atoms with Gasteiger partial charge in [-0.25, -0.2) is 0 Å². The number of carboxylic acid groups (broad SMARTS) is 1. The standard InChI is InChI=1S/C37H27ClN4O5S/c38-27-18-19-31(39-36(45)26-16-14-25(15-17-26)33-22-48-42-41-33)30(20-27)37(46)40-32(21-35(43)44)24-12-10-23(11-13-24)29-8-4-5-9-34(29)47-28-6-2-1-3-7-28/h1-20,22,32H,21H2,(H,39,45)(H,40,46)(H,43,44). The molecule has 0 aliphatic heterocycles. The van der Waals surface area contributed by atoms with Crippen molar-refractivity contribution in [3.05, 3.63) is 148 Å². The van der Waals surface area contributed by atoms with Crippen LogP contribution < -0.4 is 15.4 Å². The number of rotatable bonds is 11. The number of aliphatic carboxylic acids is 1. The lowest BCUT2D eigenvalue weighted by molar-refractivity contribution is -0.137. The number of anilines is 1. The normalized spacial score (nSPS) is 11.4. The van der Waals surface area contributed by atoms with E-state index in [-0.39, 0.29) is 22.7 Å². The summed E-state index contributed by atoms with van der Waals surface area (Å²) in [5, 5.41) is 21.4. The maximum absolute atomic E-state index is 13.6. The largest absolute Gasteiger partial charge is 0.481 e. The number of amides is 2. The van der Waals surface area contributed by atoms with E-state index in [2.05, 4.69) is 20.2 Å². The average molecular weight is 675 g/mol. The first-order chi connectivity index (χ1) is 23.3. The summed E-state index contributed by atoms with van der Waals surface area (Å²) < 4.78 is 9.97. The van der Waals surface area contributed by atoms with Gasteiger partial charge >= 0.3 is 5.97 Å². The lowest BCUT2D eigenvalue weighted by Crippen LogP contribution is -2.31. The summed E-state index contributed by atoms with van der Waals surface area (Å²) in [6, 6.07) is 34.8. The van der Waals surface area contributed by atoms with Gasteiger partial charge in [0.2, 0.25) is 0 Å². The van der Waals surface area contributed by atoms with Crippen molar-refractivity contribution in [2.45, 2.75) is 12.5 Å². The molecule has 6 rings (SSSR count). The number of carbonyl (C=O) groups excluding carboxylic acids is 2. The topological polar surface area (TPSA) is 131 Å². The highest BCUT2D eigenvalue weighted by molar-refractivity contribution is 7.03. The lowest BCUT2D eigenvalue weighted by Gasteiger charge is -2.20. The van der Waals surface area contributed by atoms with E-state index in [0.29, 0.717) is 28.3 Å². The van der Waals surface area contributed by atoms with Crippen molar-refractivity contribution < 1.29 is 24.2 Å². The van der Waals surface area contributed by atoms with E-state index in [0.717, 1.165) is 16.7 Å². The zero-order chi connectivity index (χ0) is 33.5. The Morgan fingerprint density at radius 2 is 1.52 bits per heavy atom. The molecule has 5 aromatic carbocycles. The van der Waals surface area contributed by atoms with E-state index in [9.17, 15) is 19.5 Å². The van der Waals surface area contributed by atoms with Crippen molar-refractivity contribution in [3.8, 4) is 33.9 Å². The molecule has 0 spiro atoms. The Labute approximate surface area is 285 Å². The Balaban J connectivity index is 1.20. The van der Waals surface area contributed by atoms with Gasteiger partial charge in [-0.2, -0.15) is 0 Å². The quantitative estimate of drug-likeness (QED) is 0.126. The van der Waals surface area contributed by atoms with Gasteiger partial charge in [-0.3, -0.25) is 14.4 Å². The van der Waals surface area contributed by atoms with E-state index < -0.39 is 23.8 Å². The van der Waals surface area contributed by atoms with Crippen molar-refractivity contribution in [3.63, 3.8) is 0 Å².